The van der Waals surface area contributed by atoms with E-state index in [4.69, 9.17) is 33.2 Å². The van der Waals surface area contributed by atoms with E-state index in [0.29, 0.717) is 43.5 Å². The molecule has 6 rings (SSSR count). The molecule has 0 radical (unpaired) electrons. The summed E-state index contributed by atoms with van der Waals surface area (Å²) in [6, 6.07) is 4.49. The zero-order valence-electron chi connectivity index (χ0n) is 47.9. The van der Waals surface area contributed by atoms with Crippen LogP contribution in [0.25, 0.3) is 10.9 Å². The van der Waals surface area contributed by atoms with Crippen molar-refractivity contribution in [1.29, 1.82) is 0 Å². The number of pyridine rings is 1. The number of aromatic nitrogens is 1. The van der Waals surface area contributed by atoms with Gasteiger partial charge in [0.05, 0.1) is 47.9 Å². The molecular formula is C56H91N5O16. The predicted octanol–water partition coefficient (Wildman–Crippen LogP) is 3.89. The highest BCUT2D eigenvalue weighted by atomic mass is 16.7. The first-order valence-corrected chi connectivity index (χ1v) is 27.7. The maximum absolute atomic E-state index is 14.6. The van der Waals surface area contributed by atoms with Gasteiger partial charge in [-0.3, -0.25) is 14.4 Å². The minimum Gasteiger partial charge on any atom is -0.477 e. The molecule has 1 aromatic carbocycles. The summed E-state index contributed by atoms with van der Waals surface area (Å²) in [6.07, 6.45) is -5.77. The number of carbonyl (C=O) groups is 3. The summed E-state index contributed by atoms with van der Waals surface area (Å²) in [7, 11) is 7.08. The highest BCUT2D eigenvalue weighted by Gasteiger charge is 2.54. The van der Waals surface area contributed by atoms with Crippen molar-refractivity contribution in [2.24, 2.45) is 17.8 Å². The van der Waals surface area contributed by atoms with Crippen LogP contribution in [0, 0.1) is 17.8 Å². The number of nitrogens with zero attached hydrogens (tertiary/aromatic N) is 3. The number of aliphatic hydroxyl groups is 4. The Morgan fingerprint density at radius 2 is 1.62 bits per heavy atom. The normalized spacial score (nSPS) is 38.2. The van der Waals surface area contributed by atoms with Crippen LogP contribution >= 0.6 is 0 Å². The molecule has 18 atom stereocenters. The van der Waals surface area contributed by atoms with E-state index >= 15 is 0 Å². The molecule has 4 heterocycles. The second-order valence-corrected chi connectivity index (χ2v) is 23.6. The molecule has 77 heavy (non-hydrogen) atoms. The molecule has 1 aliphatic carbocycles. The summed E-state index contributed by atoms with van der Waals surface area (Å²) >= 11 is 0. The van der Waals surface area contributed by atoms with Crippen molar-refractivity contribution in [1.82, 2.24) is 19.7 Å². The number of cyclic esters (lactones) is 1. The molecule has 3 saturated heterocycles. The molecule has 21 nitrogen and oxygen atoms in total. The van der Waals surface area contributed by atoms with Gasteiger partial charge in [-0.05, 0) is 126 Å². The molecule has 2 aromatic rings. The van der Waals surface area contributed by atoms with E-state index in [0.717, 1.165) is 18.5 Å². The number of fused-ring (bicyclic) bond motifs is 1. The molecule has 1 aromatic heterocycles. The van der Waals surface area contributed by atoms with E-state index in [-0.39, 0.29) is 55.4 Å². The van der Waals surface area contributed by atoms with Crippen molar-refractivity contribution in [3.63, 3.8) is 0 Å². The number of carbonyl (C=O) groups excluding carboxylic acids is 2. The molecule has 0 unspecified atom stereocenters. The average molecular weight is 1090 g/mol. The number of likely N-dealkylation sites (N-methyl/N-ethyl adjacent to an activating group) is 2. The maximum Gasteiger partial charge on any atom is 0.341 e. The molecule has 1 saturated carbocycles. The fourth-order valence-corrected chi connectivity index (χ4v) is 12.0. The minimum atomic E-state index is -1.86. The van der Waals surface area contributed by atoms with E-state index < -0.39 is 113 Å². The van der Waals surface area contributed by atoms with E-state index in [9.17, 15) is 44.7 Å². The molecule has 0 bridgehead atoms. The van der Waals surface area contributed by atoms with E-state index in [1.165, 1.54) is 20.2 Å². The van der Waals surface area contributed by atoms with E-state index in [2.05, 4.69) is 10.6 Å². The van der Waals surface area contributed by atoms with Crippen LogP contribution in [0.5, 0.6) is 0 Å². The molecule has 4 aliphatic rings. The van der Waals surface area contributed by atoms with Crippen molar-refractivity contribution in [3.8, 4) is 0 Å². The summed E-state index contributed by atoms with van der Waals surface area (Å²) < 4.78 is 46.8. The second-order valence-electron chi connectivity index (χ2n) is 23.6. The third-order valence-electron chi connectivity index (χ3n) is 16.8. The zero-order chi connectivity index (χ0) is 57.1. The van der Waals surface area contributed by atoms with Gasteiger partial charge in [0.1, 0.15) is 35.1 Å². The number of anilines is 1. The largest absolute Gasteiger partial charge is 0.477 e. The second kappa shape index (κ2) is 25.7. The number of carboxylic acids is 1. The van der Waals surface area contributed by atoms with Crippen molar-refractivity contribution in [2.45, 2.75) is 211 Å². The van der Waals surface area contributed by atoms with Crippen LogP contribution in [0.4, 0.5) is 5.69 Å². The lowest BCUT2D eigenvalue weighted by molar-refractivity contribution is -0.318. The van der Waals surface area contributed by atoms with Crippen LogP contribution in [0.2, 0.25) is 0 Å². The topological polar surface area (TPSA) is 270 Å². The highest BCUT2D eigenvalue weighted by Crippen LogP contribution is 2.42. The Labute approximate surface area is 454 Å². The van der Waals surface area contributed by atoms with Crippen LogP contribution in [-0.4, -0.2) is 203 Å². The Kier molecular flexibility index (Phi) is 20.8. The first-order valence-electron chi connectivity index (χ1n) is 27.7. The number of carboxylic acid groups (broad SMARTS) is 1. The van der Waals surface area contributed by atoms with E-state index in [1.54, 1.807) is 60.6 Å². The molecule has 3 aliphatic heterocycles. The number of nitrogens with one attached hydrogen (secondary N) is 2. The van der Waals surface area contributed by atoms with Crippen molar-refractivity contribution in [3.05, 3.63) is 40.2 Å². The van der Waals surface area contributed by atoms with Crippen LogP contribution in [0.15, 0.2) is 29.2 Å². The van der Waals surface area contributed by atoms with Crippen LogP contribution in [-0.2, 0) is 42.7 Å². The predicted molar refractivity (Wildman–Crippen MR) is 287 cm³/mol. The van der Waals surface area contributed by atoms with Gasteiger partial charge in [-0.25, -0.2) is 4.79 Å². The number of ether oxygens (including phenoxy) is 7. The number of methoxy groups -OCH3 is 1. The molecule has 436 valence electrons. The number of aliphatic hydroxyl groups excluding tert-OH is 2. The molecule has 7 N–H and O–H groups in total. The fourth-order valence-electron chi connectivity index (χ4n) is 12.0. The van der Waals surface area contributed by atoms with Gasteiger partial charge in [0.2, 0.25) is 5.43 Å². The first kappa shape index (κ1) is 62.4. The summed E-state index contributed by atoms with van der Waals surface area (Å²) in [5.41, 5.74) is -3.98. The number of rotatable bonds is 17. The van der Waals surface area contributed by atoms with Gasteiger partial charge < -0.3 is 83.7 Å². The Bertz CT molecular complexity index is 2380. The first-order chi connectivity index (χ1) is 36.0. The minimum absolute atomic E-state index is 0.0307. The lowest BCUT2D eigenvalue weighted by atomic mass is 9.77. The molecule has 4 fully saturated rings. The summed E-state index contributed by atoms with van der Waals surface area (Å²) in [6.45, 7) is 19.2. The van der Waals surface area contributed by atoms with Crippen LogP contribution in [0.3, 0.4) is 0 Å². The third-order valence-corrected chi connectivity index (χ3v) is 16.8. The number of hydrogen-bond donors (Lipinski definition) is 7. The highest BCUT2D eigenvalue weighted by molar-refractivity contribution is 5.93. The average Bonchev–Trinajstić information content (AvgIpc) is 4.21. The van der Waals surface area contributed by atoms with Gasteiger partial charge in [-0.2, -0.15) is 0 Å². The monoisotopic (exact) mass is 1090 g/mol. The Morgan fingerprint density at radius 1 is 0.935 bits per heavy atom. The lowest BCUT2D eigenvalue weighted by Gasteiger charge is -2.49. The van der Waals surface area contributed by atoms with E-state index in [1.807, 2.05) is 55.4 Å². The van der Waals surface area contributed by atoms with Crippen LogP contribution in [0.1, 0.15) is 131 Å². The molecule has 0 spiro atoms. The van der Waals surface area contributed by atoms with Crippen molar-refractivity contribution >= 4 is 34.5 Å². The van der Waals surface area contributed by atoms with Gasteiger partial charge in [0.15, 0.2) is 18.7 Å². The SMILES string of the molecule is CC[C@H]1OC(=O)[C@H](C)[C@@H](O[C@H]2C[C@@](C)(OC)[C@@H](OC(=O)CCNCCNc3ccc4c(=O)c(C(=O)O)cn(C5CC5)c4c3)[C@H](C)O2)[C@H](C)[C@@H](O[C@@H]2O[C@H](C)C[C@H](N(C)C)[C@H]2O)[C@](C)(O)C[C@@H](C)CN(C)[C@H](C)[C@@H](O)[C@]1(C)O. The Balaban J connectivity index is 1.17. The fraction of sp³-hybridized carbons (Fsp3) is 0.786. The standard InChI is InChI=1S/C56H91N5O16/c1-15-42-56(10,70)48(65)34(6)60(13)28-30(2)26-54(8,69)49(77-53-46(64)41(59(11)12)24-31(3)72-53)32(4)47(33(5)52(68)74-42)76-44-27-55(9,71-14)50(35(7)73-44)75-43(62)20-21-57-22-23-58-36-16-19-38-40(25-36)61(37-17-18-37)29-39(45(38)63)51(66)67/h16,19,25,29-35,37,41-42,44,46-50,53,57-58,64-65,69-70H,15,17-18,20-24,26-28H2,1-14H3,(H,66,67)/t30-,31-,32+,33-,34-,35+,41+,42-,44+,46-,47+,48-,49-,50+,53+,54-,55-,56-/m1/s1. The van der Waals surface area contributed by atoms with Gasteiger partial charge in [0, 0.05) is 81.0 Å². The zero-order valence-corrected chi connectivity index (χ0v) is 47.9. The molecular weight excluding hydrogens is 999 g/mol. The van der Waals surface area contributed by atoms with Gasteiger partial charge in [0.25, 0.3) is 0 Å². The Hall–Kier alpha value is -3.84. The Morgan fingerprint density at radius 3 is 2.25 bits per heavy atom. The van der Waals surface area contributed by atoms with Crippen molar-refractivity contribution < 1.29 is 73.1 Å². The smallest absolute Gasteiger partial charge is 0.341 e. The molecule has 21 heteroatoms. The van der Waals surface area contributed by atoms with Gasteiger partial charge in [-0.15, -0.1) is 0 Å². The summed E-state index contributed by atoms with van der Waals surface area (Å²) in [5, 5.41) is 64.7. The van der Waals surface area contributed by atoms with Gasteiger partial charge >= 0.3 is 17.9 Å². The van der Waals surface area contributed by atoms with Crippen LogP contribution < -0.4 is 16.1 Å². The summed E-state index contributed by atoms with van der Waals surface area (Å²) in [5.74, 6) is -4.61. The number of aromatic carboxylic acids is 1. The van der Waals surface area contributed by atoms with Crippen molar-refractivity contribution in [2.75, 3.05) is 59.7 Å². The maximum atomic E-state index is 14.6. The number of benzene rings is 1. The quantitative estimate of drug-likeness (QED) is 0.0875. The molecule has 0 amide bonds. The number of esters is 2. The number of hydrogen-bond acceptors (Lipinski definition) is 19. The lowest BCUT2D eigenvalue weighted by Crippen LogP contribution is -2.61. The van der Waals surface area contributed by atoms with Gasteiger partial charge in [-0.1, -0.05) is 20.8 Å². The third kappa shape index (κ3) is 14.6. The summed E-state index contributed by atoms with van der Waals surface area (Å²) in [4.78, 5) is 56.6.